The first-order valence-electron chi connectivity index (χ1n) is 4.35. The lowest BCUT2D eigenvalue weighted by Crippen LogP contribution is -2.53. The molecule has 13 heavy (non-hydrogen) atoms. The highest BCUT2D eigenvalue weighted by Gasteiger charge is 2.65. The minimum Gasteiger partial charge on any atom is -0.480 e. The zero-order chi connectivity index (χ0) is 9.80. The number of aliphatic carboxylic acids is 1. The number of hydrogen-bond acceptors (Lipinski definition) is 4. The maximum absolute atomic E-state index is 10.8. The fourth-order valence-electron chi connectivity index (χ4n) is 2.83. The largest absolute Gasteiger partial charge is 0.480 e. The minimum atomic E-state index is -1.42. The van der Waals surface area contributed by atoms with Crippen LogP contribution in [0.15, 0.2) is 0 Å². The lowest BCUT2D eigenvalue weighted by Gasteiger charge is -2.39. The molecule has 0 aromatic rings. The van der Waals surface area contributed by atoms with E-state index >= 15 is 0 Å². The van der Waals surface area contributed by atoms with E-state index in [1.54, 1.807) is 0 Å². The number of hydrogen-bond donors (Lipinski definition) is 4. The SMILES string of the molecule is NC1(C(=O)O)CC2CC1C2C(O)O. The summed E-state index contributed by atoms with van der Waals surface area (Å²) in [5, 5.41) is 26.8. The van der Waals surface area contributed by atoms with E-state index in [1.165, 1.54) is 0 Å². The Morgan fingerprint density at radius 3 is 2.46 bits per heavy atom. The van der Waals surface area contributed by atoms with Gasteiger partial charge in [0.25, 0.3) is 0 Å². The van der Waals surface area contributed by atoms with Crippen LogP contribution in [0.2, 0.25) is 0 Å². The van der Waals surface area contributed by atoms with Crippen molar-refractivity contribution < 1.29 is 20.1 Å². The summed E-state index contributed by atoms with van der Waals surface area (Å²) in [5.74, 6) is -1.55. The molecule has 0 amide bonds. The monoisotopic (exact) mass is 187 g/mol. The molecule has 0 aromatic carbocycles. The van der Waals surface area contributed by atoms with Crippen LogP contribution in [0.1, 0.15) is 12.8 Å². The highest BCUT2D eigenvalue weighted by Crippen LogP contribution is 2.58. The molecule has 4 atom stereocenters. The maximum Gasteiger partial charge on any atom is 0.323 e. The molecular weight excluding hydrogens is 174 g/mol. The van der Waals surface area contributed by atoms with Crippen molar-refractivity contribution in [2.24, 2.45) is 23.5 Å². The Kier molecular flexibility index (Phi) is 1.67. The molecule has 0 aliphatic heterocycles. The molecule has 74 valence electrons. The normalized spacial score (nSPS) is 47.8. The molecule has 3 saturated carbocycles. The molecule has 0 aromatic heterocycles. The van der Waals surface area contributed by atoms with Gasteiger partial charge in [-0.1, -0.05) is 0 Å². The molecule has 0 heterocycles. The first-order valence-corrected chi connectivity index (χ1v) is 4.35. The molecule has 3 aliphatic rings. The Hall–Kier alpha value is -0.650. The van der Waals surface area contributed by atoms with Crippen molar-refractivity contribution in [3.63, 3.8) is 0 Å². The highest BCUT2D eigenvalue weighted by atomic mass is 16.5. The zero-order valence-corrected chi connectivity index (χ0v) is 7.05. The van der Waals surface area contributed by atoms with Crippen LogP contribution in [0.5, 0.6) is 0 Å². The van der Waals surface area contributed by atoms with Gasteiger partial charge in [-0.15, -0.1) is 0 Å². The van der Waals surface area contributed by atoms with Crippen molar-refractivity contribution in [1.29, 1.82) is 0 Å². The van der Waals surface area contributed by atoms with Gasteiger partial charge >= 0.3 is 5.97 Å². The summed E-state index contributed by atoms with van der Waals surface area (Å²) >= 11 is 0. The molecule has 3 rings (SSSR count). The summed E-state index contributed by atoms with van der Waals surface area (Å²) in [6, 6.07) is 0. The molecule has 5 heteroatoms. The van der Waals surface area contributed by atoms with E-state index < -0.39 is 17.8 Å². The third kappa shape index (κ3) is 0.948. The Balaban J connectivity index is 2.19. The topological polar surface area (TPSA) is 104 Å². The van der Waals surface area contributed by atoms with Gasteiger partial charge in [-0.3, -0.25) is 4.79 Å². The Morgan fingerprint density at radius 1 is 1.54 bits per heavy atom. The van der Waals surface area contributed by atoms with E-state index in [9.17, 15) is 4.79 Å². The second kappa shape index (κ2) is 2.43. The van der Waals surface area contributed by atoms with E-state index in [0.717, 1.165) is 0 Å². The number of carboxylic acids is 1. The van der Waals surface area contributed by atoms with Crippen molar-refractivity contribution in [3.8, 4) is 0 Å². The molecule has 2 bridgehead atoms. The zero-order valence-electron chi connectivity index (χ0n) is 7.05. The summed E-state index contributed by atoms with van der Waals surface area (Å²) in [6.45, 7) is 0. The lowest BCUT2D eigenvalue weighted by atomic mass is 9.69. The molecule has 5 N–H and O–H groups in total. The van der Waals surface area contributed by atoms with Gasteiger partial charge in [0.05, 0.1) is 0 Å². The summed E-state index contributed by atoms with van der Waals surface area (Å²) in [4.78, 5) is 10.8. The number of rotatable bonds is 2. The van der Waals surface area contributed by atoms with Gasteiger partial charge in [0, 0.05) is 5.92 Å². The van der Waals surface area contributed by atoms with Crippen molar-refractivity contribution >= 4 is 5.97 Å². The third-order valence-corrected chi connectivity index (χ3v) is 3.57. The second-order valence-corrected chi connectivity index (χ2v) is 4.14. The minimum absolute atomic E-state index is 0.0751. The number of carboxylic acid groups (broad SMARTS) is 1. The standard InChI is InChI=1S/C8H13NO4/c9-8(7(12)13)2-3-1-4(8)5(3)6(10)11/h3-6,10-11H,1-2,9H2,(H,12,13). The predicted octanol–water partition coefficient (Wildman–Crippen LogP) is -1.26. The van der Waals surface area contributed by atoms with Crippen LogP contribution in [0.25, 0.3) is 0 Å². The molecule has 3 fully saturated rings. The van der Waals surface area contributed by atoms with E-state index in [4.69, 9.17) is 21.1 Å². The summed E-state index contributed by atoms with van der Waals surface area (Å²) in [5.41, 5.74) is 4.47. The van der Waals surface area contributed by atoms with Gasteiger partial charge in [-0.25, -0.2) is 0 Å². The number of carbonyl (C=O) groups is 1. The van der Waals surface area contributed by atoms with Crippen LogP contribution in [0, 0.1) is 17.8 Å². The molecule has 4 unspecified atom stereocenters. The van der Waals surface area contributed by atoms with E-state index in [2.05, 4.69) is 0 Å². The average Bonchev–Trinajstić information content (AvgIpc) is 2.38. The maximum atomic E-state index is 10.8. The first kappa shape index (κ1) is 8.93. The Morgan fingerprint density at radius 2 is 2.15 bits per heavy atom. The molecule has 0 radical (unpaired) electrons. The van der Waals surface area contributed by atoms with Crippen LogP contribution in [-0.2, 0) is 4.79 Å². The quantitative estimate of drug-likeness (QED) is 0.404. The van der Waals surface area contributed by atoms with Gasteiger partial charge in [0.2, 0.25) is 0 Å². The van der Waals surface area contributed by atoms with Crippen LogP contribution >= 0.6 is 0 Å². The van der Waals surface area contributed by atoms with Crippen molar-refractivity contribution in [2.75, 3.05) is 0 Å². The Bertz CT molecular complexity index is 255. The second-order valence-electron chi connectivity index (χ2n) is 4.14. The van der Waals surface area contributed by atoms with Crippen LogP contribution < -0.4 is 5.73 Å². The molecule has 5 nitrogen and oxygen atoms in total. The van der Waals surface area contributed by atoms with E-state index in [1.807, 2.05) is 0 Å². The lowest BCUT2D eigenvalue weighted by molar-refractivity contribution is -0.154. The van der Waals surface area contributed by atoms with Gasteiger partial charge in [0.1, 0.15) is 5.54 Å². The van der Waals surface area contributed by atoms with Gasteiger partial charge < -0.3 is 21.1 Å². The van der Waals surface area contributed by atoms with E-state index in [-0.39, 0.29) is 17.8 Å². The number of nitrogens with two attached hydrogens (primary N) is 1. The van der Waals surface area contributed by atoms with Crippen LogP contribution in [-0.4, -0.2) is 33.1 Å². The van der Waals surface area contributed by atoms with Crippen molar-refractivity contribution in [1.82, 2.24) is 0 Å². The Labute approximate surface area is 75.2 Å². The van der Waals surface area contributed by atoms with Gasteiger partial charge in [-0.2, -0.15) is 0 Å². The van der Waals surface area contributed by atoms with Gasteiger partial charge in [0.15, 0.2) is 6.29 Å². The fourth-order valence-corrected chi connectivity index (χ4v) is 2.83. The highest BCUT2D eigenvalue weighted by molar-refractivity contribution is 5.80. The molecular formula is C8H13NO4. The number of aliphatic hydroxyl groups is 2. The van der Waals surface area contributed by atoms with Crippen LogP contribution in [0.4, 0.5) is 0 Å². The van der Waals surface area contributed by atoms with Crippen molar-refractivity contribution in [2.45, 2.75) is 24.7 Å². The molecule has 0 spiro atoms. The van der Waals surface area contributed by atoms with Crippen molar-refractivity contribution in [3.05, 3.63) is 0 Å². The summed E-state index contributed by atoms with van der Waals surface area (Å²) in [7, 11) is 0. The van der Waals surface area contributed by atoms with Crippen LogP contribution in [0.3, 0.4) is 0 Å². The molecule has 3 aliphatic carbocycles. The summed E-state index contributed by atoms with van der Waals surface area (Å²) in [6.07, 6.45) is -0.339. The fraction of sp³-hybridized carbons (Fsp3) is 0.875. The molecule has 0 saturated heterocycles. The average molecular weight is 187 g/mol. The van der Waals surface area contributed by atoms with E-state index in [0.29, 0.717) is 12.8 Å². The number of fused-ring (bicyclic) bond motifs is 1. The number of aliphatic hydroxyl groups excluding tert-OH is 1. The van der Waals surface area contributed by atoms with Gasteiger partial charge in [-0.05, 0) is 24.7 Å². The third-order valence-electron chi connectivity index (χ3n) is 3.57. The predicted molar refractivity (Wildman–Crippen MR) is 42.5 cm³/mol. The first-order chi connectivity index (χ1) is 5.97. The summed E-state index contributed by atoms with van der Waals surface area (Å²) < 4.78 is 0. The smallest absolute Gasteiger partial charge is 0.323 e.